The van der Waals surface area contributed by atoms with Gasteiger partial charge < -0.3 is 15.0 Å². The van der Waals surface area contributed by atoms with Crippen LogP contribution in [0.25, 0.3) is 10.9 Å². The second-order valence-corrected chi connectivity index (χ2v) is 6.46. The van der Waals surface area contributed by atoms with E-state index in [1.165, 1.54) is 12.3 Å². The predicted molar refractivity (Wildman–Crippen MR) is 93.0 cm³/mol. The second kappa shape index (κ2) is 6.36. The molecule has 0 fully saturated rings. The molecule has 3 heterocycles. The number of pyridine rings is 1. The average Bonchev–Trinajstić information content (AvgIpc) is 3.04. The van der Waals surface area contributed by atoms with Crippen LogP contribution >= 0.6 is 0 Å². The highest BCUT2D eigenvalue weighted by atomic mass is 19.4. The topological polar surface area (TPSA) is 86.3 Å². The molecule has 0 saturated heterocycles. The van der Waals surface area contributed by atoms with E-state index >= 15 is 0 Å². The molecule has 1 aliphatic rings. The van der Waals surface area contributed by atoms with Crippen LogP contribution in [0.5, 0.6) is 0 Å². The number of carboxylic acids is 1. The number of amides is 1. The highest BCUT2D eigenvalue weighted by molar-refractivity contribution is 6.03. The van der Waals surface area contributed by atoms with Crippen molar-refractivity contribution in [2.45, 2.75) is 18.6 Å². The van der Waals surface area contributed by atoms with Crippen LogP contribution in [0.2, 0.25) is 0 Å². The third-order valence-electron chi connectivity index (χ3n) is 4.85. The Bertz CT molecular complexity index is 1090. The summed E-state index contributed by atoms with van der Waals surface area (Å²) in [5.74, 6) is -2.49. The van der Waals surface area contributed by atoms with E-state index in [-0.39, 0.29) is 18.7 Å². The number of carbonyl (C=O) groups excluding carboxylic acids is 1. The molecule has 1 aromatic carbocycles. The molecule has 1 amide bonds. The normalized spacial score (nSPS) is 16.8. The number of fused-ring (bicyclic) bond motifs is 3. The average molecular weight is 389 g/mol. The first kappa shape index (κ1) is 18.0. The fourth-order valence-corrected chi connectivity index (χ4v) is 3.68. The number of halogens is 3. The van der Waals surface area contributed by atoms with Crippen LogP contribution in [-0.4, -0.2) is 44.6 Å². The number of aromatic nitrogens is 2. The summed E-state index contributed by atoms with van der Waals surface area (Å²) in [4.78, 5) is 31.4. The first-order valence-corrected chi connectivity index (χ1v) is 8.44. The van der Waals surface area contributed by atoms with Gasteiger partial charge in [-0.25, -0.2) is 4.79 Å². The van der Waals surface area contributed by atoms with Crippen LogP contribution in [0.3, 0.4) is 0 Å². The summed E-state index contributed by atoms with van der Waals surface area (Å²) >= 11 is 0. The lowest BCUT2D eigenvalue weighted by Crippen LogP contribution is -2.47. The quantitative estimate of drug-likeness (QED) is 0.702. The summed E-state index contributed by atoms with van der Waals surface area (Å²) in [6.07, 6.45) is -3.35. The van der Waals surface area contributed by atoms with Crippen LogP contribution in [-0.2, 0) is 6.42 Å². The van der Waals surface area contributed by atoms with Gasteiger partial charge in [-0.2, -0.15) is 13.2 Å². The predicted octanol–water partition coefficient (Wildman–Crippen LogP) is 3.56. The molecule has 0 bridgehead atoms. The van der Waals surface area contributed by atoms with Crippen molar-refractivity contribution in [3.8, 4) is 0 Å². The molecule has 144 valence electrons. The summed E-state index contributed by atoms with van der Waals surface area (Å²) in [7, 11) is 0. The minimum absolute atomic E-state index is 0.0962. The molecule has 6 nitrogen and oxygen atoms in total. The molecule has 1 atom stereocenters. The van der Waals surface area contributed by atoms with Gasteiger partial charge in [0.2, 0.25) is 0 Å². The maximum atomic E-state index is 14.0. The maximum Gasteiger partial charge on any atom is 0.414 e. The standard InChI is InChI=1S/C19H14F3N3O3/c20-19(21,22)16-14-11(10-4-1-2-6-13(10)24-14)7-9-25(16)17(26)15-12(18(27)28)5-3-8-23-15/h1-6,8,16,24H,7,9H2,(H,27,28)/t16-/m0/s1. The molecule has 0 aliphatic carbocycles. The lowest BCUT2D eigenvalue weighted by Gasteiger charge is -2.36. The third-order valence-corrected chi connectivity index (χ3v) is 4.85. The molecule has 0 saturated carbocycles. The molecule has 0 unspecified atom stereocenters. The fourth-order valence-electron chi connectivity index (χ4n) is 3.68. The first-order chi connectivity index (χ1) is 13.3. The van der Waals surface area contributed by atoms with Gasteiger partial charge in [-0.15, -0.1) is 0 Å². The van der Waals surface area contributed by atoms with Gasteiger partial charge >= 0.3 is 12.1 Å². The van der Waals surface area contributed by atoms with Gasteiger partial charge in [0.25, 0.3) is 5.91 Å². The van der Waals surface area contributed by atoms with E-state index in [1.54, 1.807) is 24.3 Å². The summed E-state index contributed by atoms with van der Waals surface area (Å²) in [5.41, 5.74) is 0.0300. The molecule has 9 heteroatoms. The van der Waals surface area contributed by atoms with Crippen LogP contribution < -0.4 is 0 Å². The van der Waals surface area contributed by atoms with Gasteiger partial charge in [0.15, 0.2) is 6.04 Å². The van der Waals surface area contributed by atoms with Crippen molar-refractivity contribution in [3.63, 3.8) is 0 Å². The second-order valence-electron chi connectivity index (χ2n) is 6.46. The van der Waals surface area contributed by atoms with Crippen LogP contribution in [0.15, 0.2) is 42.6 Å². The Balaban J connectivity index is 1.84. The lowest BCUT2D eigenvalue weighted by molar-refractivity contribution is -0.182. The molecule has 2 N–H and O–H groups in total. The number of alkyl halides is 3. The Morgan fingerprint density at radius 2 is 1.93 bits per heavy atom. The van der Waals surface area contributed by atoms with Crippen molar-refractivity contribution in [1.82, 2.24) is 14.9 Å². The Hall–Kier alpha value is -3.36. The molecule has 0 radical (unpaired) electrons. The van der Waals surface area contributed by atoms with E-state index in [9.17, 15) is 27.9 Å². The summed E-state index contributed by atoms with van der Waals surface area (Å²) in [5, 5.41) is 9.94. The largest absolute Gasteiger partial charge is 0.478 e. The Morgan fingerprint density at radius 1 is 1.18 bits per heavy atom. The number of carbonyl (C=O) groups is 2. The van der Waals surface area contributed by atoms with E-state index < -0.39 is 35.4 Å². The van der Waals surface area contributed by atoms with Crippen LogP contribution in [0.1, 0.15) is 38.1 Å². The number of H-pyrrole nitrogens is 1. The zero-order chi connectivity index (χ0) is 20.1. The Labute approximate surface area is 156 Å². The SMILES string of the molecule is O=C(O)c1cccnc1C(=O)N1CCc2c([nH]c3ccccc23)[C@H]1C(F)(F)F. The van der Waals surface area contributed by atoms with Gasteiger partial charge in [0.1, 0.15) is 5.69 Å². The van der Waals surface area contributed by atoms with Gasteiger partial charge in [-0.05, 0) is 30.2 Å². The van der Waals surface area contributed by atoms with Gasteiger partial charge in [-0.1, -0.05) is 18.2 Å². The van der Waals surface area contributed by atoms with Crippen molar-refractivity contribution in [2.75, 3.05) is 6.54 Å². The van der Waals surface area contributed by atoms with Crippen LogP contribution in [0, 0.1) is 0 Å². The number of hydrogen-bond donors (Lipinski definition) is 2. The molecule has 0 spiro atoms. The fraction of sp³-hybridized carbons (Fsp3) is 0.211. The lowest BCUT2D eigenvalue weighted by atomic mass is 9.96. The number of nitrogens with zero attached hydrogens (tertiary/aromatic N) is 2. The molecule has 1 aliphatic heterocycles. The monoisotopic (exact) mass is 389 g/mol. The number of carboxylic acid groups (broad SMARTS) is 1. The van der Waals surface area contributed by atoms with E-state index in [0.29, 0.717) is 21.4 Å². The van der Waals surface area contributed by atoms with E-state index in [4.69, 9.17) is 0 Å². The van der Waals surface area contributed by atoms with Gasteiger partial charge in [-0.3, -0.25) is 9.78 Å². The number of para-hydroxylation sites is 1. The summed E-state index contributed by atoms with van der Waals surface area (Å²) in [6.45, 7) is -0.201. The van der Waals surface area contributed by atoms with E-state index in [1.807, 2.05) is 0 Å². The number of rotatable bonds is 2. The smallest absolute Gasteiger partial charge is 0.414 e. The first-order valence-electron chi connectivity index (χ1n) is 8.44. The number of benzene rings is 1. The minimum Gasteiger partial charge on any atom is -0.478 e. The summed E-state index contributed by atoms with van der Waals surface area (Å²) < 4.78 is 41.9. The van der Waals surface area contributed by atoms with E-state index in [0.717, 1.165) is 6.07 Å². The minimum atomic E-state index is -4.75. The zero-order valence-corrected chi connectivity index (χ0v) is 14.3. The number of nitrogens with one attached hydrogen (secondary N) is 1. The highest BCUT2D eigenvalue weighted by Crippen LogP contribution is 2.44. The molecule has 4 rings (SSSR count). The van der Waals surface area contributed by atoms with Gasteiger partial charge in [0.05, 0.1) is 11.3 Å². The summed E-state index contributed by atoms with van der Waals surface area (Å²) in [6, 6.07) is 7.11. The molecule has 28 heavy (non-hydrogen) atoms. The molecular formula is C19H14F3N3O3. The van der Waals surface area contributed by atoms with Crippen molar-refractivity contribution >= 4 is 22.8 Å². The van der Waals surface area contributed by atoms with Crippen LogP contribution in [0.4, 0.5) is 13.2 Å². The van der Waals surface area contributed by atoms with Crippen molar-refractivity contribution in [2.24, 2.45) is 0 Å². The van der Waals surface area contributed by atoms with Crippen molar-refractivity contribution < 1.29 is 27.9 Å². The number of aromatic carboxylic acids is 1. The van der Waals surface area contributed by atoms with E-state index in [2.05, 4.69) is 9.97 Å². The van der Waals surface area contributed by atoms with Crippen molar-refractivity contribution in [1.29, 1.82) is 0 Å². The van der Waals surface area contributed by atoms with Gasteiger partial charge in [0, 0.05) is 23.6 Å². The highest BCUT2D eigenvalue weighted by Gasteiger charge is 2.51. The number of hydrogen-bond acceptors (Lipinski definition) is 3. The van der Waals surface area contributed by atoms with Crippen molar-refractivity contribution in [3.05, 3.63) is 65.1 Å². The third kappa shape index (κ3) is 2.79. The zero-order valence-electron chi connectivity index (χ0n) is 14.3. The molecule has 3 aromatic rings. The molecular weight excluding hydrogens is 375 g/mol. The Kier molecular flexibility index (Phi) is 4.10. The maximum absolute atomic E-state index is 14.0. The Morgan fingerprint density at radius 3 is 2.64 bits per heavy atom. The number of aromatic amines is 1. The molecule has 2 aromatic heterocycles.